The van der Waals surface area contributed by atoms with E-state index in [0.29, 0.717) is 32.0 Å². The number of carbonyl (C=O) groups is 1. The highest BCUT2D eigenvalue weighted by atomic mass is 32.1. The standard InChI is InChI=1S/C31H29N3O4S/c1-19(2)38-25-14-10-21(11-15-25)18-26-30(36)34-28(22-12-16-24(37-4)17-13-22)27(20(3)32-31(34)39-26)29(35)33-23-8-6-5-7-9-23/h5-19,28H,1-4H3,(H,33,35)/b26-18+/t28-/m1/s1. The number of carbonyl (C=O) groups excluding carboxylic acids is 1. The lowest BCUT2D eigenvalue weighted by atomic mass is 9.95. The molecule has 1 aromatic heterocycles. The van der Waals surface area contributed by atoms with Gasteiger partial charge in [0.2, 0.25) is 0 Å². The molecule has 7 nitrogen and oxygen atoms in total. The number of methoxy groups -OCH3 is 1. The number of amides is 1. The van der Waals surface area contributed by atoms with Crippen molar-refractivity contribution in [3.05, 3.63) is 121 Å². The fourth-order valence-corrected chi connectivity index (χ4v) is 5.55. The van der Waals surface area contributed by atoms with Crippen LogP contribution in [0.1, 0.15) is 37.9 Å². The second kappa shape index (κ2) is 11.1. The van der Waals surface area contributed by atoms with Crippen molar-refractivity contribution >= 4 is 29.0 Å². The molecule has 0 unspecified atom stereocenters. The van der Waals surface area contributed by atoms with Crippen molar-refractivity contribution in [2.45, 2.75) is 32.9 Å². The molecule has 1 atom stereocenters. The number of rotatable bonds is 7. The van der Waals surface area contributed by atoms with Gasteiger partial charge in [0.05, 0.1) is 35.1 Å². The fraction of sp³-hybridized carbons (Fsp3) is 0.194. The van der Waals surface area contributed by atoms with Gasteiger partial charge in [-0.3, -0.25) is 14.2 Å². The van der Waals surface area contributed by atoms with Crippen LogP contribution < -0.4 is 29.7 Å². The predicted octanol–water partition coefficient (Wildman–Crippen LogP) is 4.67. The van der Waals surface area contributed by atoms with E-state index in [1.807, 2.05) is 98.8 Å². The second-order valence-electron chi connectivity index (χ2n) is 9.41. The SMILES string of the molecule is COc1ccc([C@@H]2C(C(=O)Nc3ccccc3)=C(C)N=c3s/c(=C/c4ccc(OC(C)C)cc4)c(=O)n32)cc1. The van der Waals surface area contributed by atoms with Crippen molar-refractivity contribution < 1.29 is 14.3 Å². The largest absolute Gasteiger partial charge is 0.497 e. The maximum Gasteiger partial charge on any atom is 0.271 e. The van der Waals surface area contributed by atoms with Crippen LogP contribution in [0.15, 0.2) is 99.9 Å². The van der Waals surface area contributed by atoms with E-state index in [9.17, 15) is 9.59 Å². The molecule has 8 heteroatoms. The summed E-state index contributed by atoms with van der Waals surface area (Å²) in [6.45, 7) is 5.76. The van der Waals surface area contributed by atoms with Gasteiger partial charge in [-0.05, 0) is 74.4 Å². The zero-order chi connectivity index (χ0) is 27.5. The van der Waals surface area contributed by atoms with E-state index < -0.39 is 6.04 Å². The Hall–Kier alpha value is -4.43. The van der Waals surface area contributed by atoms with Crippen LogP contribution in [0.2, 0.25) is 0 Å². The average molecular weight is 540 g/mol. The van der Waals surface area contributed by atoms with Gasteiger partial charge in [-0.1, -0.05) is 53.8 Å². The van der Waals surface area contributed by atoms with Crippen LogP contribution in [0, 0.1) is 0 Å². The highest BCUT2D eigenvalue weighted by Gasteiger charge is 2.32. The Balaban J connectivity index is 1.61. The summed E-state index contributed by atoms with van der Waals surface area (Å²) in [5.41, 5.74) is 3.09. The number of nitrogens with zero attached hydrogens (tertiary/aromatic N) is 2. The van der Waals surface area contributed by atoms with Crippen molar-refractivity contribution in [3.8, 4) is 11.5 Å². The Morgan fingerprint density at radius 1 is 1.00 bits per heavy atom. The molecule has 0 fully saturated rings. The summed E-state index contributed by atoms with van der Waals surface area (Å²) in [5.74, 6) is 1.15. The minimum atomic E-state index is -0.653. The highest BCUT2D eigenvalue weighted by molar-refractivity contribution is 7.07. The number of para-hydroxylation sites is 1. The molecule has 0 radical (unpaired) electrons. The number of nitrogens with one attached hydrogen (secondary N) is 1. The highest BCUT2D eigenvalue weighted by Crippen LogP contribution is 2.31. The number of benzene rings is 3. The topological polar surface area (TPSA) is 81.9 Å². The Labute approximate surface area is 230 Å². The van der Waals surface area contributed by atoms with Crippen LogP contribution in [0.3, 0.4) is 0 Å². The molecule has 1 N–H and O–H groups in total. The van der Waals surface area contributed by atoms with Crippen LogP contribution in [-0.4, -0.2) is 23.7 Å². The molecule has 5 rings (SSSR count). The minimum absolute atomic E-state index is 0.0778. The van der Waals surface area contributed by atoms with Crippen molar-refractivity contribution in [2.75, 3.05) is 12.4 Å². The summed E-state index contributed by atoms with van der Waals surface area (Å²) in [6.07, 6.45) is 1.92. The summed E-state index contributed by atoms with van der Waals surface area (Å²) in [4.78, 5) is 32.7. The monoisotopic (exact) mass is 539 g/mol. The first-order chi connectivity index (χ1) is 18.8. The fourth-order valence-electron chi connectivity index (χ4n) is 4.50. The zero-order valence-corrected chi connectivity index (χ0v) is 23.0. The minimum Gasteiger partial charge on any atom is -0.497 e. The number of ether oxygens (including phenoxy) is 2. The third kappa shape index (κ3) is 5.56. The lowest BCUT2D eigenvalue weighted by Crippen LogP contribution is -2.40. The van der Waals surface area contributed by atoms with E-state index in [4.69, 9.17) is 14.5 Å². The molecule has 1 amide bonds. The summed E-state index contributed by atoms with van der Waals surface area (Å²) >= 11 is 1.31. The van der Waals surface area contributed by atoms with Gasteiger partial charge < -0.3 is 14.8 Å². The van der Waals surface area contributed by atoms with Gasteiger partial charge in [0.25, 0.3) is 11.5 Å². The van der Waals surface area contributed by atoms with Gasteiger partial charge in [0.15, 0.2) is 4.80 Å². The maximum absolute atomic E-state index is 13.8. The van der Waals surface area contributed by atoms with E-state index >= 15 is 0 Å². The van der Waals surface area contributed by atoms with Crippen molar-refractivity contribution in [2.24, 2.45) is 4.99 Å². The van der Waals surface area contributed by atoms with Crippen molar-refractivity contribution in [3.63, 3.8) is 0 Å². The summed E-state index contributed by atoms with van der Waals surface area (Å²) in [7, 11) is 1.60. The average Bonchev–Trinajstić information content (AvgIpc) is 3.23. The van der Waals surface area contributed by atoms with E-state index in [0.717, 1.165) is 16.9 Å². The van der Waals surface area contributed by atoms with Gasteiger partial charge >= 0.3 is 0 Å². The molecular formula is C31H29N3O4S. The zero-order valence-electron chi connectivity index (χ0n) is 22.2. The first-order valence-corrected chi connectivity index (χ1v) is 13.5. The quantitative estimate of drug-likeness (QED) is 0.370. The second-order valence-corrected chi connectivity index (χ2v) is 10.4. The lowest BCUT2D eigenvalue weighted by Gasteiger charge is -2.25. The Kier molecular flexibility index (Phi) is 7.47. The van der Waals surface area contributed by atoms with E-state index in [1.54, 1.807) is 18.6 Å². The van der Waals surface area contributed by atoms with Gasteiger partial charge in [-0.25, -0.2) is 4.99 Å². The molecule has 198 valence electrons. The number of allylic oxidation sites excluding steroid dienone is 1. The molecule has 1 aliphatic rings. The van der Waals surface area contributed by atoms with Crippen LogP contribution in [0.5, 0.6) is 11.5 Å². The van der Waals surface area contributed by atoms with Gasteiger partial charge in [0, 0.05) is 5.69 Å². The smallest absolute Gasteiger partial charge is 0.271 e. The Morgan fingerprint density at radius 3 is 2.31 bits per heavy atom. The van der Waals surface area contributed by atoms with Gasteiger partial charge in [-0.2, -0.15) is 0 Å². The predicted molar refractivity (Wildman–Crippen MR) is 154 cm³/mol. The van der Waals surface area contributed by atoms with Crippen LogP contribution >= 0.6 is 11.3 Å². The normalized spacial score (nSPS) is 15.1. The van der Waals surface area contributed by atoms with E-state index in [2.05, 4.69) is 5.32 Å². The number of thiazole rings is 1. The van der Waals surface area contributed by atoms with Gasteiger partial charge in [-0.15, -0.1) is 0 Å². The first-order valence-electron chi connectivity index (χ1n) is 12.6. The Morgan fingerprint density at radius 2 is 1.67 bits per heavy atom. The molecular weight excluding hydrogens is 510 g/mol. The molecule has 3 aromatic carbocycles. The molecule has 39 heavy (non-hydrogen) atoms. The third-order valence-electron chi connectivity index (χ3n) is 6.28. The molecule has 0 spiro atoms. The maximum atomic E-state index is 13.8. The van der Waals surface area contributed by atoms with E-state index in [-0.39, 0.29) is 17.6 Å². The number of hydrogen-bond donors (Lipinski definition) is 1. The number of aromatic nitrogens is 1. The molecule has 0 bridgehead atoms. The molecule has 0 aliphatic carbocycles. The third-order valence-corrected chi connectivity index (χ3v) is 7.26. The van der Waals surface area contributed by atoms with Crippen molar-refractivity contribution in [1.29, 1.82) is 0 Å². The number of fused-ring (bicyclic) bond motifs is 1. The van der Waals surface area contributed by atoms with Crippen molar-refractivity contribution in [1.82, 2.24) is 4.57 Å². The lowest BCUT2D eigenvalue weighted by molar-refractivity contribution is -0.113. The van der Waals surface area contributed by atoms with Crippen LogP contribution in [0.4, 0.5) is 5.69 Å². The summed E-state index contributed by atoms with van der Waals surface area (Å²) in [5, 5.41) is 2.97. The van der Waals surface area contributed by atoms with Gasteiger partial charge in [0.1, 0.15) is 11.5 Å². The first kappa shape index (κ1) is 26.2. The molecule has 0 saturated heterocycles. The summed E-state index contributed by atoms with van der Waals surface area (Å²) < 4.78 is 13.2. The number of anilines is 1. The molecule has 0 saturated carbocycles. The number of hydrogen-bond acceptors (Lipinski definition) is 6. The molecule has 2 heterocycles. The van der Waals surface area contributed by atoms with Crippen LogP contribution in [-0.2, 0) is 4.79 Å². The molecule has 1 aliphatic heterocycles. The van der Waals surface area contributed by atoms with E-state index in [1.165, 1.54) is 11.3 Å². The Bertz CT molecular complexity index is 1700. The van der Waals surface area contributed by atoms with Crippen LogP contribution in [0.25, 0.3) is 6.08 Å². The summed E-state index contributed by atoms with van der Waals surface area (Å²) in [6, 6.07) is 23.6. The molecule has 4 aromatic rings.